The van der Waals surface area contributed by atoms with Gasteiger partial charge in [0.25, 0.3) is 0 Å². The first-order valence-corrected chi connectivity index (χ1v) is 7.45. The molecule has 2 rings (SSSR count). The highest BCUT2D eigenvalue weighted by molar-refractivity contribution is 7.09. The maximum absolute atomic E-state index is 5.90. The van der Waals surface area contributed by atoms with Crippen LogP contribution in [0, 0.1) is 6.92 Å². The third kappa shape index (κ3) is 3.14. The molecule has 0 amide bonds. The Morgan fingerprint density at radius 2 is 2.16 bits per heavy atom. The summed E-state index contributed by atoms with van der Waals surface area (Å²) in [6, 6.07) is 6.67. The molecule has 0 saturated heterocycles. The van der Waals surface area contributed by atoms with Crippen molar-refractivity contribution >= 4 is 17.2 Å². The van der Waals surface area contributed by atoms with Crippen molar-refractivity contribution in [3.8, 4) is 0 Å². The van der Waals surface area contributed by atoms with Crippen LogP contribution >= 0.6 is 11.3 Å². The molecule has 19 heavy (non-hydrogen) atoms. The SMILES string of the molecule is Cc1ccnc(N(Cc2cccs2)C(C)C)c1CN. The average Bonchev–Trinajstić information content (AvgIpc) is 2.88. The van der Waals surface area contributed by atoms with Gasteiger partial charge >= 0.3 is 0 Å². The predicted molar refractivity (Wildman–Crippen MR) is 82.5 cm³/mol. The van der Waals surface area contributed by atoms with Crippen LogP contribution in [0.2, 0.25) is 0 Å². The van der Waals surface area contributed by atoms with E-state index in [0.29, 0.717) is 12.6 Å². The van der Waals surface area contributed by atoms with Crippen LogP contribution in [0.15, 0.2) is 29.8 Å². The van der Waals surface area contributed by atoms with Gasteiger partial charge in [0.15, 0.2) is 0 Å². The van der Waals surface area contributed by atoms with Crippen LogP contribution < -0.4 is 10.6 Å². The number of aryl methyl sites for hydroxylation is 1. The van der Waals surface area contributed by atoms with E-state index in [1.54, 1.807) is 11.3 Å². The second kappa shape index (κ2) is 6.17. The Bertz CT molecular complexity index is 520. The zero-order valence-corrected chi connectivity index (χ0v) is 12.6. The molecule has 2 N–H and O–H groups in total. The summed E-state index contributed by atoms with van der Waals surface area (Å²) < 4.78 is 0. The molecule has 0 bridgehead atoms. The van der Waals surface area contributed by atoms with E-state index in [0.717, 1.165) is 17.9 Å². The van der Waals surface area contributed by atoms with Crippen molar-refractivity contribution in [1.82, 2.24) is 4.98 Å². The molecule has 0 saturated carbocycles. The third-order valence-electron chi connectivity index (χ3n) is 3.27. The average molecular weight is 275 g/mol. The molecular formula is C15H21N3S. The topological polar surface area (TPSA) is 42.2 Å². The first-order valence-electron chi connectivity index (χ1n) is 6.57. The summed E-state index contributed by atoms with van der Waals surface area (Å²) in [5.74, 6) is 1.02. The summed E-state index contributed by atoms with van der Waals surface area (Å²) in [7, 11) is 0. The van der Waals surface area contributed by atoms with Gasteiger partial charge in [-0.3, -0.25) is 0 Å². The summed E-state index contributed by atoms with van der Waals surface area (Å²) in [6.45, 7) is 7.90. The molecule has 0 spiro atoms. The number of thiophene rings is 1. The Balaban J connectivity index is 2.36. The van der Waals surface area contributed by atoms with Gasteiger partial charge in [-0.25, -0.2) is 4.98 Å². The summed E-state index contributed by atoms with van der Waals surface area (Å²) in [5.41, 5.74) is 8.26. The number of nitrogens with zero attached hydrogens (tertiary/aromatic N) is 2. The van der Waals surface area contributed by atoms with Crippen LogP contribution in [0.3, 0.4) is 0 Å². The van der Waals surface area contributed by atoms with Crippen LogP contribution in [0.4, 0.5) is 5.82 Å². The largest absolute Gasteiger partial charge is 0.349 e. The van der Waals surface area contributed by atoms with Crippen LogP contribution in [-0.2, 0) is 13.1 Å². The highest BCUT2D eigenvalue weighted by Crippen LogP contribution is 2.25. The van der Waals surface area contributed by atoms with Crippen molar-refractivity contribution in [3.05, 3.63) is 45.8 Å². The van der Waals surface area contributed by atoms with Crippen molar-refractivity contribution in [2.45, 2.75) is 39.9 Å². The fourth-order valence-corrected chi connectivity index (χ4v) is 2.85. The molecule has 3 nitrogen and oxygen atoms in total. The van der Waals surface area contributed by atoms with Crippen LogP contribution in [0.1, 0.15) is 29.9 Å². The maximum atomic E-state index is 5.90. The van der Waals surface area contributed by atoms with E-state index in [-0.39, 0.29) is 0 Å². The normalized spacial score (nSPS) is 11.0. The fraction of sp³-hybridized carbons (Fsp3) is 0.400. The fourth-order valence-electron chi connectivity index (χ4n) is 2.15. The Kier molecular flexibility index (Phi) is 4.56. The molecule has 0 unspecified atom stereocenters. The van der Waals surface area contributed by atoms with Crippen molar-refractivity contribution in [2.75, 3.05) is 4.90 Å². The van der Waals surface area contributed by atoms with E-state index in [1.165, 1.54) is 10.4 Å². The molecule has 2 heterocycles. The van der Waals surface area contributed by atoms with E-state index in [9.17, 15) is 0 Å². The van der Waals surface area contributed by atoms with Gasteiger partial charge in [0, 0.05) is 29.2 Å². The predicted octanol–water partition coefficient (Wildman–Crippen LogP) is 3.33. The van der Waals surface area contributed by atoms with Gasteiger partial charge in [-0.05, 0) is 43.8 Å². The summed E-state index contributed by atoms with van der Waals surface area (Å²) in [4.78, 5) is 8.23. The monoisotopic (exact) mass is 275 g/mol. The minimum atomic E-state index is 0.390. The molecule has 0 radical (unpaired) electrons. The van der Waals surface area contributed by atoms with Crippen LogP contribution in [0.25, 0.3) is 0 Å². The number of rotatable bonds is 5. The smallest absolute Gasteiger partial charge is 0.133 e. The standard InChI is InChI=1S/C15H21N3S/c1-11(2)18(10-13-5-4-8-19-13)15-14(9-16)12(3)6-7-17-15/h4-8,11H,9-10,16H2,1-3H3. The number of hydrogen-bond donors (Lipinski definition) is 1. The van der Waals surface area contributed by atoms with Crippen molar-refractivity contribution in [1.29, 1.82) is 0 Å². The second-order valence-electron chi connectivity index (χ2n) is 4.94. The first kappa shape index (κ1) is 14.0. The number of pyridine rings is 1. The lowest BCUT2D eigenvalue weighted by atomic mass is 10.1. The number of hydrogen-bond acceptors (Lipinski definition) is 4. The second-order valence-corrected chi connectivity index (χ2v) is 5.97. The number of aromatic nitrogens is 1. The zero-order valence-electron chi connectivity index (χ0n) is 11.8. The van der Waals surface area contributed by atoms with Gasteiger partial charge in [0.1, 0.15) is 5.82 Å². The summed E-state index contributed by atoms with van der Waals surface area (Å²) in [5, 5.41) is 2.11. The molecule has 0 aliphatic carbocycles. The number of nitrogens with two attached hydrogens (primary N) is 1. The molecule has 0 aliphatic rings. The molecule has 0 aliphatic heterocycles. The quantitative estimate of drug-likeness (QED) is 0.910. The van der Waals surface area contributed by atoms with Gasteiger partial charge < -0.3 is 10.6 Å². The van der Waals surface area contributed by atoms with Crippen molar-refractivity contribution in [3.63, 3.8) is 0 Å². The molecule has 2 aromatic rings. The lowest BCUT2D eigenvalue weighted by Gasteiger charge is -2.29. The first-order chi connectivity index (χ1) is 9.13. The van der Waals surface area contributed by atoms with E-state index >= 15 is 0 Å². The zero-order chi connectivity index (χ0) is 13.8. The molecule has 0 atom stereocenters. The lowest BCUT2D eigenvalue weighted by molar-refractivity contribution is 0.671. The Labute approximate surface area is 119 Å². The molecule has 4 heteroatoms. The van der Waals surface area contributed by atoms with Crippen molar-refractivity contribution < 1.29 is 0 Å². The third-order valence-corrected chi connectivity index (χ3v) is 4.13. The van der Waals surface area contributed by atoms with E-state index in [1.807, 2.05) is 12.3 Å². The summed E-state index contributed by atoms with van der Waals surface area (Å²) in [6.07, 6.45) is 1.87. The minimum absolute atomic E-state index is 0.390. The molecule has 102 valence electrons. The minimum Gasteiger partial charge on any atom is -0.349 e. The molecular weight excluding hydrogens is 254 g/mol. The lowest BCUT2D eigenvalue weighted by Crippen LogP contribution is -2.32. The highest BCUT2D eigenvalue weighted by atomic mass is 32.1. The molecule has 0 fully saturated rings. The van der Waals surface area contributed by atoms with Gasteiger partial charge in [-0.15, -0.1) is 11.3 Å². The Morgan fingerprint density at radius 1 is 1.37 bits per heavy atom. The Morgan fingerprint density at radius 3 is 2.74 bits per heavy atom. The van der Waals surface area contributed by atoms with Crippen LogP contribution in [-0.4, -0.2) is 11.0 Å². The maximum Gasteiger partial charge on any atom is 0.133 e. The van der Waals surface area contributed by atoms with Gasteiger partial charge in [0.2, 0.25) is 0 Å². The Hall–Kier alpha value is -1.39. The van der Waals surface area contributed by atoms with E-state index in [2.05, 4.69) is 48.2 Å². The van der Waals surface area contributed by atoms with Crippen molar-refractivity contribution in [2.24, 2.45) is 5.73 Å². The highest BCUT2D eigenvalue weighted by Gasteiger charge is 2.17. The molecule has 0 aromatic carbocycles. The summed E-state index contributed by atoms with van der Waals surface area (Å²) >= 11 is 1.78. The van der Waals surface area contributed by atoms with Crippen LogP contribution in [0.5, 0.6) is 0 Å². The molecule has 2 aromatic heterocycles. The van der Waals surface area contributed by atoms with Gasteiger partial charge in [0.05, 0.1) is 6.54 Å². The van der Waals surface area contributed by atoms with Gasteiger partial charge in [-0.2, -0.15) is 0 Å². The van der Waals surface area contributed by atoms with Gasteiger partial charge in [-0.1, -0.05) is 6.07 Å². The number of anilines is 1. The van der Waals surface area contributed by atoms with E-state index < -0.39 is 0 Å². The van der Waals surface area contributed by atoms with E-state index in [4.69, 9.17) is 5.73 Å².